The monoisotopic (exact) mass is 382 g/mol. The average Bonchev–Trinajstić information content (AvgIpc) is 2.74. The van der Waals surface area contributed by atoms with E-state index >= 15 is 4.39 Å². The van der Waals surface area contributed by atoms with Gasteiger partial charge in [0.05, 0.1) is 6.61 Å². The molecule has 0 amide bonds. The van der Waals surface area contributed by atoms with Crippen molar-refractivity contribution in [3.8, 4) is 16.9 Å². The molecule has 0 bridgehead atoms. The standard InChI is InChI=1S/C26H35FO/c1-3-5-7-10-20-13-15-22(16-14-20)25-24(27)18-17-23(26(25)28-19-4-2)21-11-8-6-9-12-21/h6,8-9,11-12,17-18,20,22H,3-5,7,10,13-16,19H2,1-2H3. The molecule has 1 fully saturated rings. The molecule has 1 aliphatic carbocycles. The van der Waals surface area contributed by atoms with Crippen LogP contribution in [0.5, 0.6) is 5.75 Å². The van der Waals surface area contributed by atoms with Gasteiger partial charge in [0.25, 0.3) is 0 Å². The highest BCUT2D eigenvalue weighted by Crippen LogP contribution is 2.45. The molecule has 0 atom stereocenters. The second kappa shape index (κ2) is 10.6. The maximum Gasteiger partial charge on any atom is 0.133 e. The number of halogens is 1. The number of ether oxygens (including phenoxy) is 1. The molecule has 0 aliphatic heterocycles. The molecular weight excluding hydrogens is 347 g/mol. The Hall–Kier alpha value is -1.83. The fourth-order valence-electron chi connectivity index (χ4n) is 4.58. The normalized spacial score (nSPS) is 19.5. The second-order valence-electron chi connectivity index (χ2n) is 8.27. The van der Waals surface area contributed by atoms with Gasteiger partial charge in [-0.05, 0) is 61.6 Å². The molecule has 0 spiro atoms. The smallest absolute Gasteiger partial charge is 0.133 e. The van der Waals surface area contributed by atoms with Crippen LogP contribution in [0.4, 0.5) is 4.39 Å². The highest BCUT2D eigenvalue weighted by atomic mass is 19.1. The lowest BCUT2D eigenvalue weighted by atomic mass is 9.76. The lowest BCUT2D eigenvalue weighted by Gasteiger charge is -2.31. The Morgan fingerprint density at radius 1 is 0.893 bits per heavy atom. The first-order chi connectivity index (χ1) is 13.7. The zero-order valence-corrected chi connectivity index (χ0v) is 17.6. The summed E-state index contributed by atoms with van der Waals surface area (Å²) in [7, 11) is 0. The predicted molar refractivity (Wildman–Crippen MR) is 116 cm³/mol. The Morgan fingerprint density at radius 2 is 1.64 bits per heavy atom. The topological polar surface area (TPSA) is 9.23 Å². The van der Waals surface area contributed by atoms with Crippen molar-refractivity contribution >= 4 is 0 Å². The summed E-state index contributed by atoms with van der Waals surface area (Å²) in [6.45, 7) is 4.99. The van der Waals surface area contributed by atoms with Crippen LogP contribution in [0, 0.1) is 11.7 Å². The minimum absolute atomic E-state index is 0.0970. The van der Waals surface area contributed by atoms with Gasteiger partial charge in [-0.15, -0.1) is 0 Å². The molecule has 0 unspecified atom stereocenters. The molecule has 0 saturated heterocycles. The summed E-state index contributed by atoms with van der Waals surface area (Å²) in [4.78, 5) is 0. The van der Waals surface area contributed by atoms with Crippen molar-refractivity contribution < 1.29 is 9.13 Å². The molecule has 1 nitrogen and oxygen atoms in total. The fourth-order valence-corrected chi connectivity index (χ4v) is 4.58. The lowest BCUT2D eigenvalue weighted by molar-refractivity contribution is 0.280. The Bertz CT molecular complexity index is 717. The molecule has 2 aromatic rings. The predicted octanol–water partition coefficient (Wildman–Crippen LogP) is 8.14. The Labute approximate surface area is 170 Å². The number of hydrogen-bond acceptors (Lipinski definition) is 1. The van der Waals surface area contributed by atoms with E-state index in [-0.39, 0.29) is 11.7 Å². The summed E-state index contributed by atoms with van der Waals surface area (Å²) in [6, 6.07) is 13.8. The number of hydrogen-bond donors (Lipinski definition) is 0. The molecule has 0 heterocycles. The Balaban J connectivity index is 1.84. The van der Waals surface area contributed by atoms with E-state index in [0.29, 0.717) is 6.61 Å². The highest BCUT2D eigenvalue weighted by molar-refractivity contribution is 5.72. The van der Waals surface area contributed by atoms with Crippen molar-refractivity contribution in [2.24, 2.45) is 5.92 Å². The van der Waals surface area contributed by atoms with Crippen molar-refractivity contribution in [2.45, 2.75) is 77.6 Å². The molecule has 152 valence electrons. The van der Waals surface area contributed by atoms with Crippen LogP contribution < -0.4 is 4.74 Å². The molecule has 28 heavy (non-hydrogen) atoms. The van der Waals surface area contributed by atoms with E-state index in [1.807, 2.05) is 24.3 Å². The van der Waals surface area contributed by atoms with Gasteiger partial charge in [-0.2, -0.15) is 0 Å². The van der Waals surface area contributed by atoms with Gasteiger partial charge in [-0.25, -0.2) is 4.39 Å². The summed E-state index contributed by atoms with van der Waals surface area (Å²) in [5.41, 5.74) is 2.94. The molecule has 1 saturated carbocycles. The van der Waals surface area contributed by atoms with Crippen molar-refractivity contribution in [1.29, 1.82) is 0 Å². The second-order valence-corrected chi connectivity index (χ2v) is 8.27. The average molecular weight is 383 g/mol. The SMILES string of the molecule is CCCCCC1CCC(c2c(F)ccc(-c3ccccc3)c2OCCC)CC1. The minimum atomic E-state index is -0.0970. The van der Waals surface area contributed by atoms with Crippen LogP contribution in [0.3, 0.4) is 0 Å². The van der Waals surface area contributed by atoms with Gasteiger partial charge in [-0.1, -0.05) is 69.9 Å². The Kier molecular flexibility index (Phi) is 7.94. The number of rotatable bonds is 9. The van der Waals surface area contributed by atoms with Gasteiger partial charge in [0.1, 0.15) is 11.6 Å². The number of unbranched alkanes of at least 4 members (excludes halogenated alkanes) is 2. The molecule has 0 aromatic heterocycles. The molecule has 0 N–H and O–H groups in total. The molecule has 2 heteroatoms. The summed E-state index contributed by atoms with van der Waals surface area (Å²) < 4.78 is 21.2. The summed E-state index contributed by atoms with van der Waals surface area (Å²) >= 11 is 0. The lowest BCUT2D eigenvalue weighted by Crippen LogP contribution is -2.16. The van der Waals surface area contributed by atoms with Crippen LogP contribution in [-0.2, 0) is 0 Å². The van der Waals surface area contributed by atoms with E-state index in [0.717, 1.165) is 47.6 Å². The molecule has 2 aromatic carbocycles. The van der Waals surface area contributed by atoms with Crippen molar-refractivity contribution in [2.75, 3.05) is 6.61 Å². The summed E-state index contributed by atoms with van der Waals surface area (Å²) in [6.07, 6.45) is 10.8. The molecule has 1 aliphatic rings. The fraction of sp³-hybridized carbons (Fsp3) is 0.538. The summed E-state index contributed by atoms with van der Waals surface area (Å²) in [5, 5.41) is 0. The van der Waals surface area contributed by atoms with Gasteiger partial charge in [0, 0.05) is 11.1 Å². The van der Waals surface area contributed by atoms with Crippen LogP contribution in [0.2, 0.25) is 0 Å². The van der Waals surface area contributed by atoms with Crippen molar-refractivity contribution in [3.05, 3.63) is 53.8 Å². The van der Waals surface area contributed by atoms with Crippen LogP contribution >= 0.6 is 0 Å². The van der Waals surface area contributed by atoms with E-state index in [1.54, 1.807) is 6.07 Å². The number of benzene rings is 2. The zero-order valence-electron chi connectivity index (χ0n) is 17.6. The van der Waals surface area contributed by atoms with Crippen LogP contribution in [-0.4, -0.2) is 6.61 Å². The highest BCUT2D eigenvalue weighted by Gasteiger charge is 2.28. The zero-order chi connectivity index (χ0) is 19.8. The quantitative estimate of drug-likeness (QED) is 0.398. The molecular formula is C26H35FO. The minimum Gasteiger partial charge on any atom is -0.493 e. The van der Waals surface area contributed by atoms with Gasteiger partial charge in [0.15, 0.2) is 0 Å². The molecule has 3 rings (SSSR count). The van der Waals surface area contributed by atoms with E-state index in [2.05, 4.69) is 26.0 Å². The first kappa shape index (κ1) is 20.9. The van der Waals surface area contributed by atoms with Crippen molar-refractivity contribution in [3.63, 3.8) is 0 Å². The maximum atomic E-state index is 15.0. The molecule has 0 radical (unpaired) electrons. The summed E-state index contributed by atoms with van der Waals surface area (Å²) in [5.74, 6) is 1.78. The maximum absolute atomic E-state index is 15.0. The third-order valence-corrected chi connectivity index (χ3v) is 6.15. The van der Waals surface area contributed by atoms with Gasteiger partial charge < -0.3 is 4.74 Å². The Morgan fingerprint density at radius 3 is 2.32 bits per heavy atom. The largest absolute Gasteiger partial charge is 0.493 e. The van der Waals surface area contributed by atoms with E-state index in [9.17, 15) is 0 Å². The van der Waals surface area contributed by atoms with Crippen molar-refractivity contribution in [1.82, 2.24) is 0 Å². The van der Waals surface area contributed by atoms with Crippen LogP contribution in [0.25, 0.3) is 11.1 Å². The third-order valence-electron chi connectivity index (χ3n) is 6.15. The van der Waals surface area contributed by atoms with E-state index in [1.165, 1.54) is 38.5 Å². The van der Waals surface area contributed by atoms with E-state index < -0.39 is 0 Å². The first-order valence-electron chi connectivity index (χ1n) is 11.2. The van der Waals surface area contributed by atoms with Crippen LogP contribution in [0.1, 0.15) is 83.1 Å². The van der Waals surface area contributed by atoms with Gasteiger partial charge in [0.2, 0.25) is 0 Å². The van der Waals surface area contributed by atoms with E-state index in [4.69, 9.17) is 4.74 Å². The van der Waals surface area contributed by atoms with Gasteiger partial charge >= 0.3 is 0 Å². The van der Waals surface area contributed by atoms with Gasteiger partial charge in [-0.3, -0.25) is 0 Å². The first-order valence-corrected chi connectivity index (χ1v) is 11.2. The van der Waals surface area contributed by atoms with Crippen LogP contribution in [0.15, 0.2) is 42.5 Å². The third kappa shape index (κ3) is 5.16.